The van der Waals surface area contributed by atoms with Gasteiger partial charge in [-0.05, 0) is 148 Å². The van der Waals surface area contributed by atoms with Crippen LogP contribution in [0, 0.1) is 0 Å². The fraction of sp³-hybridized carbons (Fsp3) is 0.380. The molecule has 2 aliphatic heterocycles. The number of aliphatic hydroxyl groups is 1. The highest BCUT2D eigenvalue weighted by Gasteiger charge is 2.44. The van der Waals surface area contributed by atoms with Gasteiger partial charge in [0.15, 0.2) is 5.71 Å². The Labute approximate surface area is 370 Å². The fourth-order valence-electron chi connectivity index (χ4n) is 8.57. The molecule has 0 atom stereocenters. The Morgan fingerprint density at radius 2 is 1.27 bits per heavy atom. The van der Waals surface area contributed by atoms with E-state index in [1.165, 1.54) is 43.9 Å². The van der Waals surface area contributed by atoms with Crippen LogP contribution in [0.2, 0.25) is 0 Å². The van der Waals surface area contributed by atoms with E-state index in [1.54, 1.807) is 24.3 Å². The Bertz CT molecular complexity index is 2580. The van der Waals surface area contributed by atoms with E-state index in [4.69, 9.17) is 0 Å². The third kappa shape index (κ3) is 10.4. The van der Waals surface area contributed by atoms with Crippen LogP contribution in [0.25, 0.3) is 22.3 Å². The van der Waals surface area contributed by atoms with Crippen molar-refractivity contribution in [2.24, 2.45) is 0 Å². The zero-order valence-electron chi connectivity index (χ0n) is 37.6. The van der Waals surface area contributed by atoms with Crippen molar-refractivity contribution in [3.63, 3.8) is 0 Å². The molecule has 332 valence electrons. The lowest BCUT2D eigenvalue weighted by atomic mass is 9.80. The molecule has 62 heavy (non-hydrogen) atoms. The minimum Gasteiger partial charge on any atom is -0.744 e. The lowest BCUT2D eigenvalue weighted by Gasteiger charge is -2.26. The maximum absolute atomic E-state index is 11.6. The highest BCUT2D eigenvalue weighted by molar-refractivity contribution is 7.86. The Hall–Kier alpha value is -4.69. The summed E-state index contributed by atoms with van der Waals surface area (Å²) < 4.78 is 69.4. The van der Waals surface area contributed by atoms with Gasteiger partial charge in [-0.15, -0.1) is 0 Å². The number of fused-ring (bicyclic) bond motifs is 2. The zero-order chi connectivity index (χ0) is 45.6. The van der Waals surface area contributed by atoms with E-state index in [9.17, 15) is 31.0 Å². The summed E-state index contributed by atoms with van der Waals surface area (Å²) in [6.45, 7) is 24.8. The molecule has 0 saturated carbocycles. The Kier molecular flexibility index (Phi) is 15.4. The molecule has 0 fully saturated rings. The number of likely N-dealkylation sites (N-methyl/N-ethyl adjacent to an activating group) is 1. The van der Waals surface area contributed by atoms with Crippen LogP contribution in [0.1, 0.15) is 86.3 Å². The van der Waals surface area contributed by atoms with Gasteiger partial charge in [0.05, 0.1) is 15.2 Å². The van der Waals surface area contributed by atoms with Gasteiger partial charge < -0.3 is 19.5 Å². The molecule has 2 N–H and O–H groups in total. The SMILES string of the molecule is CCN(CC)CC.CCN1C(=CC=C(C=CC2=[N+](CC)c3ccc(-c4ccc(S(=O)(=O)O)cc4)cc3C2(C)C)CCCO)C(C)(C)c2cc(-c3ccc(S(=O)(=O)[O-])cc3)ccc21. The molecule has 2 aliphatic rings. The van der Waals surface area contributed by atoms with E-state index in [1.807, 2.05) is 12.1 Å². The summed E-state index contributed by atoms with van der Waals surface area (Å²) >= 11 is 0. The monoisotopic (exact) mass is 881 g/mol. The lowest BCUT2D eigenvalue weighted by molar-refractivity contribution is -0.433. The minimum absolute atomic E-state index is 0.0762. The molecule has 0 bridgehead atoms. The molecule has 0 unspecified atom stereocenters. The smallest absolute Gasteiger partial charge is 0.294 e. The first kappa shape index (κ1) is 48.3. The molecule has 6 rings (SSSR count). The van der Waals surface area contributed by atoms with Crippen molar-refractivity contribution in [2.45, 2.75) is 95.8 Å². The lowest BCUT2D eigenvalue weighted by Crippen LogP contribution is -2.27. The number of anilines is 1. The van der Waals surface area contributed by atoms with Crippen molar-refractivity contribution in [3.8, 4) is 22.3 Å². The van der Waals surface area contributed by atoms with Crippen molar-refractivity contribution in [3.05, 3.63) is 132 Å². The van der Waals surface area contributed by atoms with E-state index >= 15 is 0 Å². The van der Waals surface area contributed by atoms with Gasteiger partial charge in [-0.2, -0.15) is 13.0 Å². The van der Waals surface area contributed by atoms with E-state index in [-0.39, 0.29) is 27.2 Å². The summed E-state index contributed by atoms with van der Waals surface area (Å²) in [5, 5.41) is 9.81. The third-order valence-corrected chi connectivity index (χ3v) is 14.0. The maximum atomic E-state index is 11.6. The van der Waals surface area contributed by atoms with E-state index in [2.05, 4.69) is 125 Å². The molecular formula is C50H63N3O7S2. The standard InChI is InChI=1S/C44H48N2O7S2.C6H15N/c1-7-45-39-23-17-33(31-13-19-35(20-14-31)54(48,49)50)28-37(39)43(3,4)41(45)25-11-30(10-9-27-47)12-26-42-44(5,6)38-29-34(18-24-40(38)46(42)8-2)32-15-21-36(22-16-32)55(51,52)53;1-4-7(5-2)6-3/h11-26,28-29,47H,7-10,27H2,1-6H3,(H-,48,49,50,51,52,53);4-6H2,1-3H3. The van der Waals surface area contributed by atoms with Gasteiger partial charge in [-0.3, -0.25) is 4.55 Å². The van der Waals surface area contributed by atoms with Crippen LogP contribution in [-0.2, 0) is 31.1 Å². The summed E-state index contributed by atoms with van der Waals surface area (Å²) in [6, 6.07) is 24.8. The summed E-state index contributed by atoms with van der Waals surface area (Å²) in [5.74, 6) is 0. The maximum Gasteiger partial charge on any atom is 0.294 e. The first-order chi connectivity index (χ1) is 29.3. The van der Waals surface area contributed by atoms with Crippen molar-refractivity contribution >= 4 is 37.3 Å². The van der Waals surface area contributed by atoms with Crippen LogP contribution >= 0.6 is 0 Å². The second-order valence-corrected chi connectivity index (χ2v) is 19.4. The number of benzene rings is 4. The second kappa shape index (κ2) is 19.8. The highest BCUT2D eigenvalue weighted by atomic mass is 32.2. The van der Waals surface area contributed by atoms with Gasteiger partial charge in [0.1, 0.15) is 16.7 Å². The normalized spacial score (nSPS) is 16.6. The topological polar surface area (TPSA) is 141 Å². The van der Waals surface area contributed by atoms with Crippen LogP contribution in [0.15, 0.2) is 130 Å². The average Bonchev–Trinajstić information content (AvgIpc) is 3.60. The van der Waals surface area contributed by atoms with E-state index in [0.29, 0.717) is 12.8 Å². The van der Waals surface area contributed by atoms with Crippen LogP contribution in [0.3, 0.4) is 0 Å². The predicted octanol–water partition coefficient (Wildman–Crippen LogP) is 9.87. The first-order valence-electron chi connectivity index (χ1n) is 21.5. The molecule has 0 spiro atoms. The highest BCUT2D eigenvalue weighted by Crippen LogP contribution is 2.49. The summed E-state index contributed by atoms with van der Waals surface area (Å²) in [4.78, 5) is 4.29. The number of allylic oxidation sites excluding steroid dienone is 6. The summed E-state index contributed by atoms with van der Waals surface area (Å²) in [6.07, 6.45) is 9.99. The Morgan fingerprint density at radius 3 is 1.76 bits per heavy atom. The van der Waals surface area contributed by atoms with Crippen LogP contribution in [0.4, 0.5) is 11.4 Å². The van der Waals surface area contributed by atoms with Gasteiger partial charge in [-0.25, -0.2) is 8.42 Å². The van der Waals surface area contributed by atoms with Gasteiger partial charge in [0.2, 0.25) is 5.69 Å². The van der Waals surface area contributed by atoms with Crippen molar-refractivity contribution < 1.29 is 35.6 Å². The molecule has 0 aliphatic carbocycles. The molecule has 0 saturated heterocycles. The average molecular weight is 882 g/mol. The molecule has 4 aromatic rings. The van der Waals surface area contributed by atoms with Crippen molar-refractivity contribution in [1.29, 1.82) is 0 Å². The van der Waals surface area contributed by atoms with Crippen molar-refractivity contribution in [1.82, 2.24) is 4.90 Å². The van der Waals surface area contributed by atoms with Crippen LogP contribution in [0.5, 0.6) is 0 Å². The van der Waals surface area contributed by atoms with Gasteiger partial charge in [0.25, 0.3) is 10.1 Å². The molecule has 2 heterocycles. The molecule has 0 radical (unpaired) electrons. The molecule has 0 amide bonds. The summed E-state index contributed by atoms with van der Waals surface area (Å²) in [5.41, 5.74) is 10.7. The van der Waals surface area contributed by atoms with Gasteiger partial charge in [-0.1, -0.05) is 77.1 Å². The molecule has 0 aromatic heterocycles. The fourth-order valence-corrected chi connectivity index (χ4v) is 9.52. The quantitative estimate of drug-likeness (QED) is 0.0678. The van der Waals surface area contributed by atoms with Crippen LogP contribution in [-0.4, -0.2) is 85.6 Å². The minimum atomic E-state index is -4.53. The van der Waals surface area contributed by atoms with E-state index in [0.717, 1.165) is 74.8 Å². The molecular weight excluding hydrogens is 819 g/mol. The number of aliphatic hydroxyl groups excluding tert-OH is 1. The Morgan fingerprint density at radius 1 is 0.742 bits per heavy atom. The second-order valence-electron chi connectivity index (χ2n) is 16.6. The largest absolute Gasteiger partial charge is 0.744 e. The zero-order valence-corrected chi connectivity index (χ0v) is 39.3. The number of nitrogens with zero attached hydrogens (tertiary/aromatic N) is 3. The Balaban J connectivity index is 0.000000955. The third-order valence-electron chi connectivity index (χ3n) is 12.3. The number of hydrogen-bond donors (Lipinski definition) is 2. The van der Waals surface area contributed by atoms with Crippen LogP contribution < -0.4 is 4.90 Å². The number of rotatable bonds is 15. The summed E-state index contributed by atoms with van der Waals surface area (Å²) in [7, 11) is -8.81. The molecule has 10 nitrogen and oxygen atoms in total. The van der Waals surface area contributed by atoms with Crippen molar-refractivity contribution in [2.75, 3.05) is 44.2 Å². The molecule has 4 aromatic carbocycles. The van der Waals surface area contributed by atoms with Gasteiger partial charge in [0, 0.05) is 47.7 Å². The predicted molar refractivity (Wildman–Crippen MR) is 251 cm³/mol. The molecule has 12 heteroatoms. The van der Waals surface area contributed by atoms with Gasteiger partial charge >= 0.3 is 0 Å². The van der Waals surface area contributed by atoms with E-state index < -0.39 is 20.2 Å². The first-order valence-corrected chi connectivity index (χ1v) is 24.4. The number of hydrogen-bond acceptors (Lipinski definition) is 8.